The highest BCUT2D eigenvalue weighted by Gasteiger charge is 2.30. The minimum atomic E-state index is -4.42. The van der Waals surface area contributed by atoms with Gasteiger partial charge in [0.25, 0.3) is 0 Å². The highest BCUT2D eigenvalue weighted by molar-refractivity contribution is 5.79. The van der Waals surface area contributed by atoms with Crippen LogP contribution in [0.1, 0.15) is 24.4 Å². The molecule has 0 aliphatic rings. The van der Waals surface area contributed by atoms with Gasteiger partial charge >= 0.3 is 6.18 Å². The molecule has 0 unspecified atom stereocenters. The molecule has 11 heteroatoms. The number of benzene rings is 2. The molecule has 8 nitrogen and oxygen atoms in total. The number of hydrogen-bond acceptors (Lipinski definition) is 6. The summed E-state index contributed by atoms with van der Waals surface area (Å²) in [4.78, 5) is 16.5. The van der Waals surface area contributed by atoms with Crippen LogP contribution >= 0.6 is 0 Å². The van der Waals surface area contributed by atoms with Crippen molar-refractivity contribution in [3.8, 4) is 11.4 Å². The van der Waals surface area contributed by atoms with Gasteiger partial charge in [0.1, 0.15) is 18.1 Å². The molecule has 1 N–H and O–H groups in total. The van der Waals surface area contributed by atoms with Crippen LogP contribution < -0.4 is 5.32 Å². The maximum Gasteiger partial charge on any atom is 0.416 e. The summed E-state index contributed by atoms with van der Waals surface area (Å²) in [7, 11) is 0. The van der Waals surface area contributed by atoms with Crippen LogP contribution in [0.25, 0.3) is 22.4 Å². The van der Waals surface area contributed by atoms with Crippen LogP contribution in [-0.4, -0.2) is 31.0 Å². The first-order valence-corrected chi connectivity index (χ1v) is 8.90. The molecule has 4 rings (SSSR count). The van der Waals surface area contributed by atoms with E-state index < -0.39 is 17.8 Å². The Labute approximate surface area is 167 Å². The third kappa shape index (κ3) is 4.00. The number of halogens is 3. The molecule has 1 atom stereocenters. The molecule has 4 aromatic rings. The van der Waals surface area contributed by atoms with E-state index in [1.54, 1.807) is 19.1 Å². The highest BCUT2D eigenvalue weighted by atomic mass is 19.4. The zero-order chi connectivity index (χ0) is 21.3. The van der Waals surface area contributed by atoms with Crippen molar-refractivity contribution in [3.05, 3.63) is 60.0 Å². The van der Waals surface area contributed by atoms with E-state index in [1.807, 2.05) is 12.1 Å². The van der Waals surface area contributed by atoms with Crippen molar-refractivity contribution in [2.45, 2.75) is 25.7 Å². The molecule has 154 valence electrons. The van der Waals surface area contributed by atoms with Crippen molar-refractivity contribution >= 4 is 16.9 Å². The van der Waals surface area contributed by atoms with E-state index in [9.17, 15) is 18.0 Å². The van der Waals surface area contributed by atoms with Gasteiger partial charge in [-0.05, 0) is 31.2 Å². The second-order valence-electron chi connectivity index (χ2n) is 6.56. The fourth-order valence-corrected chi connectivity index (χ4v) is 2.86. The molecule has 2 aromatic carbocycles. The Morgan fingerprint density at radius 2 is 1.90 bits per heavy atom. The summed E-state index contributed by atoms with van der Waals surface area (Å²) in [6.07, 6.45) is -4.42. The van der Waals surface area contributed by atoms with E-state index >= 15 is 0 Å². The molecule has 0 saturated heterocycles. The maximum absolute atomic E-state index is 12.7. The maximum atomic E-state index is 12.7. The van der Waals surface area contributed by atoms with Crippen LogP contribution in [-0.2, 0) is 17.5 Å². The Kier molecular flexibility index (Phi) is 4.94. The average molecular weight is 416 g/mol. The van der Waals surface area contributed by atoms with Crippen LogP contribution in [0.3, 0.4) is 0 Å². The Balaban J connectivity index is 1.42. The molecule has 0 spiro atoms. The molecule has 0 bridgehead atoms. The van der Waals surface area contributed by atoms with Gasteiger partial charge in [0.05, 0.1) is 11.1 Å². The monoisotopic (exact) mass is 416 g/mol. The first kappa shape index (κ1) is 19.6. The Morgan fingerprint density at radius 3 is 2.63 bits per heavy atom. The Morgan fingerprint density at radius 1 is 1.17 bits per heavy atom. The molecule has 30 heavy (non-hydrogen) atoms. The Bertz CT molecular complexity index is 1180. The normalized spacial score (nSPS) is 12.8. The molecule has 0 aliphatic heterocycles. The first-order chi connectivity index (χ1) is 14.3. The standard InChI is InChI=1S/C19H15F3N6O2/c1-11(23-16(29)10-28-15-5-3-2-4-14(15)25-27-28)18-24-17(26-30-18)12-6-8-13(9-7-12)19(20,21)22/h2-9,11H,10H2,1H3,(H,23,29)/t11-/m0/s1. The van der Waals surface area contributed by atoms with Gasteiger partial charge in [0.2, 0.25) is 17.6 Å². The minimum Gasteiger partial charge on any atom is -0.343 e. The number of nitrogens with zero attached hydrogens (tertiary/aromatic N) is 5. The second kappa shape index (κ2) is 7.58. The number of carbonyl (C=O) groups excluding carboxylic acids is 1. The number of aromatic nitrogens is 5. The number of para-hydroxylation sites is 1. The number of hydrogen-bond donors (Lipinski definition) is 1. The zero-order valence-electron chi connectivity index (χ0n) is 15.6. The smallest absolute Gasteiger partial charge is 0.343 e. The molecule has 0 aliphatic carbocycles. The van der Waals surface area contributed by atoms with Gasteiger partial charge in [0, 0.05) is 5.56 Å². The van der Waals surface area contributed by atoms with Crippen LogP contribution in [0.15, 0.2) is 53.1 Å². The predicted octanol–water partition coefficient (Wildman–Crippen LogP) is 3.38. The number of carbonyl (C=O) groups is 1. The van der Waals surface area contributed by atoms with E-state index in [2.05, 4.69) is 25.8 Å². The summed E-state index contributed by atoms with van der Waals surface area (Å²) in [5.74, 6) is -0.0868. The average Bonchev–Trinajstić information content (AvgIpc) is 3.35. The van der Waals surface area contributed by atoms with Gasteiger partial charge in [0.15, 0.2) is 0 Å². The summed E-state index contributed by atoms with van der Waals surface area (Å²) in [6.45, 7) is 1.60. The lowest BCUT2D eigenvalue weighted by molar-refractivity contribution is -0.137. The van der Waals surface area contributed by atoms with Crippen molar-refractivity contribution in [3.63, 3.8) is 0 Å². The summed E-state index contributed by atoms with van der Waals surface area (Å²) in [5.41, 5.74) is 1.00. The molecular formula is C19H15F3N6O2. The van der Waals surface area contributed by atoms with E-state index in [1.165, 1.54) is 16.8 Å². The van der Waals surface area contributed by atoms with Crippen molar-refractivity contribution < 1.29 is 22.5 Å². The fraction of sp³-hybridized carbons (Fsp3) is 0.211. The first-order valence-electron chi connectivity index (χ1n) is 8.90. The summed E-state index contributed by atoms with van der Waals surface area (Å²) >= 11 is 0. The van der Waals surface area contributed by atoms with Crippen LogP contribution in [0.4, 0.5) is 13.2 Å². The molecule has 0 saturated carbocycles. The predicted molar refractivity (Wildman–Crippen MR) is 98.8 cm³/mol. The third-order valence-corrected chi connectivity index (χ3v) is 4.37. The molecule has 0 radical (unpaired) electrons. The minimum absolute atomic E-state index is 0.0508. The van der Waals surface area contributed by atoms with Gasteiger partial charge in [-0.2, -0.15) is 18.2 Å². The van der Waals surface area contributed by atoms with E-state index in [0.29, 0.717) is 11.1 Å². The zero-order valence-corrected chi connectivity index (χ0v) is 15.6. The van der Waals surface area contributed by atoms with Crippen molar-refractivity contribution in [1.29, 1.82) is 0 Å². The molecule has 2 heterocycles. The van der Waals surface area contributed by atoms with Gasteiger partial charge in [-0.25, -0.2) is 4.68 Å². The Hall–Kier alpha value is -3.76. The number of fused-ring (bicyclic) bond motifs is 1. The topological polar surface area (TPSA) is 98.7 Å². The van der Waals surface area contributed by atoms with E-state index in [-0.39, 0.29) is 24.2 Å². The largest absolute Gasteiger partial charge is 0.416 e. The summed E-state index contributed by atoms with van der Waals surface area (Å²) in [5, 5.41) is 14.4. The fourth-order valence-electron chi connectivity index (χ4n) is 2.86. The highest BCUT2D eigenvalue weighted by Crippen LogP contribution is 2.30. The van der Waals surface area contributed by atoms with Gasteiger partial charge in [-0.15, -0.1) is 5.10 Å². The SMILES string of the molecule is C[C@H](NC(=O)Cn1nnc2ccccc21)c1nc(-c2ccc(C(F)(F)F)cc2)no1. The molecule has 0 fully saturated rings. The van der Waals surface area contributed by atoms with Crippen LogP contribution in [0, 0.1) is 0 Å². The quantitative estimate of drug-likeness (QED) is 0.536. The van der Waals surface area contributed by atoms with Crippen molar-refractivity contribution in [2.24, 2.45) is 0 Å². The number of rotatable bonds is 5. The lowest BCUT2D eigenvalue weighted by Crippen LogP contribution is -2.30. The summed E-state index contributed by atoms with van der Waals surface area (Å²) < 4.78 is 44.6. The lowest BCUT2D eigenvalue weighted by atomic mass is 10.1. The van der Waals surface area contributed by atoms with Crippen molar-refractivity contribution in [2.75, 3.05) is 0 Å². The summed E-state index contributed by atoms with van der Waals surface area (Å²) in [6, 6.07) is 11.0. The van der Waals surface area contributed by atoms with Crippen molar-refractivity contribution in [1.82, 2.24) is 30.5 Å². The van der Waals surface area contributed by atoms with Crippen LogP contribution in [0.2, 0.25) is 0 Å². The van der Waals surface area contributed by atoms with Gasteiger partial charge < -0.3 is 9.84 Å². The van der Waals surface area contributed by atoms with E-state index in [0.717, 1.165) is 17.6 Å². The second-order valence-corrected chi connectivity index (χ2v) is 6.56. The number of amides is 1. The van der Waals surface area contributed by atoms with Crippen LogP contribution in [0.5, 0.6) is 0 Å². The molecule has 1 amide bonds. The lowest BCUT2D eigenvalue weighted by Gasteiger charge is -2.09. The number of nitrogens with one attached hydrogen (secondary N) is 1. The third-order valence-electron chi connectivity index (χ3n) is 4.37. The number of alkyl halides is 3. The van der Waals surface area contributed by atoms with Gasteiger partial charge in [-0.3, -0.25) is 4.79 Å². The van der Waals surface area contributed by atoms with Gasteiger partial charge in [-0.1, -0.05) is 34.6 Å². The van der Waals surface area contributed by atoms with E-state index in [4.69, 9.17) is 4.52 Å². The molecule has 2 aromatic heterocycles. The molecular weight excluding hydrogens is 401 g/mol.